The van der Waals surface area contributed by atoms with Gasteiger partial charge >= 0.3 is 0 Å². The van der Waals surface area contributed by atoms with Crippen molar-refractivity contribution in [2.24, 2.45) is 0 Å². The van der Waals surface area contributed by atoms with E-state index < -0.39 is 0 Å². The quantitative estimate of drug-likeness (QED) is 0.666. The Morgan fingerprint density at radius 2 is 2.06 bits per heavy atom. The highest BCUT2D eigenvalue weighted by Gasteiger charge is 2.17. The molecular formula is C14H18N2O2. The zero-order valence-electron chi connectivity index (χ0n) is 10.9. The van der Waals surface area contributed by atoms with Gasteiger partial charge in [0.15, 0.2) is 0 Å². The number of carbonyl (C=O) groups is 1. The minimum atomic E-state index is -0.382. The number of fused-ring (bicyclic) bond motifs is 1. The summed E-state index contributed by atoms with van der Waals surface area (Å²) >= 11 is 0. The molecule has 0 aliphatic heterocycles. The van der Waals surface area contributed by atoms with E-state index in [-0.39, 0.29) is 5.60 Å². The Bertz CT molecular complexity index is 540. The number of nitrogens with one attached hydrogen (secondary N) is 1. The van der Waals surface area contributed by atoms with Crippen molar-refractivity contribution in [2.75, 3.05) is 0 Å². The van der Waals surface area contributed by atoms with Crippen LogP contribution in [0.25, 0.3) is 10.9 Å². The number of H-pyrrole nitrogens is 1. The standard InChI is InChI=1S/C14H18N2O2/c1-14(2,3)18-16(10-17)9-11-8-15-13-7-5-4-6-12(11)13/h4-8,10,15H,9H2,1-3H3. The summed E-state index contributed by atoms with van der Waals surface area (Å²) in [5, 5.41) is 2.44. The fourth-order valence-electron chi connectivity index (χ4n) is 1.87. The van der Waals surface area contributed by atoms with Crippen molar-refractivity contribution in [1.29, 1.82) is 0 Å². The lowest BCUT2D eigenvalue weighted by atomic mass is 10.2. The molecule has 0 atom stereocenters. The van der Waals surface area contributed by atoms with Crippen LogP contribution < -0.4 is 0 Å². The van der Waals surface area contributed by atoms with Gasteiger partial charge in [-0.05, 0) is 32.4 Å². The van der Waals surface area contributed by atoms with E-state index in [4.69, 9.17) is 4.84 Å². The average molecular weight is 246 g/mol. The first-order valence-corrected chi connectivity index (χ1v) is 5.96. The van der Waals surface area contributed by atoms with Gasteiger partial charge in [0.05, 0.1) is 12.1 Å². The van der Waals surface area contributed by atoms with E-state index in [1.165, 1.54) is 5.06 Å². The molecule has 2 aromatic rings. The summed E-state index contributed by atoms with van der Waals surface area (Å²) in [4.78, 5) is 19.8. The maximum Gasteiger partial charge on any atom is 0.233 e. The molecule has 0 bridgehead atoms. The number of amides is 1. The zero-order valence-corrected chi connectivity index (χ0v) is 10.9. The number of para-hydroxylation sites is 1. The highest BCUT2D eigenvalue weighted by molar-refractivity contribution is 5.83. The molecular weight excluding hydrogens is 228 g/mol. The van der Waals surface area contributed by atoms with E-state index in [0.717, 1.165) is 16.5 Å². The average Bonchev–Trinajstić information content (AvgIpc) is 2.70. The Kier molecular flexibility index (Phi) is 3.39. The van der Waals surface area contributed by atoms with Gasteiger partial charge in [-0.15, -0.1) is 0 Å². The molecule has 4 heteroatoms. The topological polar surface area (TPSA) is 45.3 Å². The molecule has 1 amide bonds. The van der Waals surface area contributed by atoms with Gasteiger partial charge in [-0.2, -0.15) is 0 Å². The van der Waals surface area contributed by atoms with Crippen molar-refractivity contribution in [3.8, 4) is 0 Å². The number of benzene rings is 1. The van der Waals surface area contributed by atoms with Crippen LogP contribution in [0.2, 0.25) is 0 Å². The van der Waals surface area contributed by atoms with Crippen molar-refractivity contribution in [1.82, 2.24) is 10.0 Å². The molecule has 1 aromatic heterocycles. The summed E-state index contributed by atoms with van der Waals surface area (Å²) in [5.74, 6) is 0. The smallest absolute Gasteiger partial charge is 0.233 e. The van der Waals surface area contributed by atoms with E-state index in [9.17, 15) is 4.79 Å². The SMILES string of the molecule is CC(C)(C)ON(C=O)Cc1c[nH]c2ccccc12. The second-order valence-corrected chi connectivity index (χ2v) is 5.24. The second kappa shape index (κ2) is 4.82. The van der Waals surface area contributed by atoms with Crippen LogP contribution in [0.5, 0.6) is 0 Å². The van der Waals surface area contributed by atoms with Crippen molar-refractivity contribution < 1.29 is 9.63 Å². The molecule has 2 rings (SSSR count). The summed E-state index contributed by atoms with van der Waals surface area (Å²) in [6, 6.07) is 8.00. The molecule has 0 saturated carbocycles. The maximum absolute atomic E-state index is 11.0. The predicted molar refractivity (Wildman–Crippen MR) is 70.7 cm³/mol. The van der Waals surface area contributed by atoms with Gasteiger partial charge in [-0.25, -0.2) is 5.06 Å². The second-order valence-electron chi connectivity index (χ2n) is 5.24. The van der Waals surface area contributed by atoms with Gasteiger partial charge in [0, 0.05) is 17.1 Å². The minimum Gasteiger partial charge on any atom is -0.361 e. The van der Waals surface area contributed by atoms with E-state index in [1.807, 2.05) is 51.2 Å². The number of nitrogens with zero attached hydrogens (tertiary/aromatic N) is 1. The molecule has 0 aliphatic carbocycles. The lowest BCUT2D eigenvalue weighted by Crippen LogP contribution is -2.32. The predicted octanol–water partition coefficient (Wildman–Crippen LogP) is 2.86. The fraction of sp³-hybridized carbons (Fsp3) is 0.357. The summed E-state index contributed by atoms with van der Waals surface area (Å²) in [6.07, 6.45) is 2.63. The molecule has 1 N–H and O–H groups in total. The highest BCUT2D eigenvalue weighted by atomic mass is 16.7. The molecule has 96 valence electrons. The van der Waals surface area contributed by atoms with E-state index >= 15 is 0 Å². The normalized spacial score (nSPS) is 11.7. The summed E-state index contributed by atoms with van der Waals surface area (Å²) in [6.45, 7) is 6.18. The molecule has 1 aromatic carbocycles. The molecule has 4 nitrogen and oxygen atoms in total. The number of hydrogen-bond acceptors (Lipinski definition) is 2. The molecule has 0 aliphatic rings. The van der Waals surface area contributed by atoms with E-state index in [0.29, 0.717) is 13.0 Å². The minimum absolute atomic E-state index is 0.382. The zero-order chi connectivity index (χ0) is 13.2. The highest BCUT2D eigenvalue weighted by Crippen LogP contribution is 2.20. The molecule has 0 fully saturated rings. The van der Waals surface area contributed by atoms with Crippen LogP contribution in [0.4, 0.5) is 0 Å². The number of hydrogen-bond donors (Lipinski definition) is 1. The molecule has 0 spiro atoms. The van der Waals surface area contributed by atoms with E-state index in [2.05, 4.69) is 4.98 Å². The van der Waals surface area contributed by atoms with Gasteiger partial charge < -0.3 is 4.98 Å². The van der Waals surface area contributed by atoms with Crippen LogP contribution >= 0.6 is 0 Å². The first kappa shape index (κ1) is 12.6. The van der Waals surface area contributed by atoms with Crippen LogP contribution in [0.3, 0.4) is 0 Å². The van der Waals surface area contributed by atoms with Crippen LogP contribution in [0.15, 0.2) is 30.5 Å². The van der Waals surface area contributed by atoms with Crippen molar-refractivity contribution >= 4 is 17.3 Å². The van der Waals surface area contributed by atoms with Crippen LogP contribution in [-0.2, 0) is 16.2 Å². The van der Waals surface area contributed by atoms with E-state index in [1.54, 1.807) is 0 Å². The molecule has 0 unspecified atom stereocenters. The third-order valence-electron chi connectivity index (χ3n) is 2.51. The number of rotatable bonds is 4. The summed E-state index contributed by atoms with van der Waals surface area (Å²) in [5.41, 5.74) is 1.73. The van der Waals surface area contributed by atoms with Crippen LogP contribution in [0.1, 0.15) is 26.3 Å². The Balaban J connectivity index is 2.19. The van der Waals surface area contributed by atoms with Gasteiger partial charge in [-0.3, -0.25) is 9.63 Å². The van der Waals surface area contributed by atoms with Gasteiger partial charge in [0.1, 0.15) is 0 Å². The van der Waals surface area contributed by atoms with Crippen molar-refractivity contribution in [3.05, 3.63) is 36.0 Å². The summed E-state index contributed by atoms with van der Waals surface area (Å²) < 4.78 is 0. The Morgan fingerprint density at radius 1 is 1.33 bits per heavy atom. The lowest BCUT2D eigenvalue weighted by molar-refractivity contribution is -0.220. The van der Waals surface area contributed by atoms with Gasteiger partial charge in [0.2, 0.25) is 6.41 Å². The van der Waals surface area contributed by atoms with Crippen molar-refractivity contribution in [2.45, 2.75) is 32.9 Å². The Morgan fingerprint density at radius 3 is 2.72 bits per heavy atom. The largest absolute Gasteiger partial charge is 0.361 e. The number of hydroxylamine groups is 2. The Hall–Kier alpha value is -1.81. The molecule has 1 heterocycles. The lowest BCUT2D eigenvalue weighted by Gasteiger charge is -2.26. The molecule has 18 heavy (non-hydrogen) atoms. The van der Waals surface area contributed by atoms with Crippen molar-refractivity contribution in [3.63, 3.8) is 0 Å². The number of aromatic amines is 1. The third-order valence-corrected chi connectivity index (χ3v) is 2.51. The monoisotopic (exact) mass is 246 g/mol. The Labute approximate surface area is 107 Å². The summed E-state index contributed by atoms with van der Waals surface area (Å²) in [7, 11) is 0. The first-order valence-electron chi connectivity index (χ1n) is 5.96. The third kappa shape index (κ3) is 2.90. The van der Waals surface area contributed by atoms with Gasteiger partial charge in [0.25, 0.3) is 0 Å². The van der Waals surface area contributed by atoms with Crippen LogP contribution in [0, 0.1) is 0 Å². The molecule has 0 radical (unpaired) electrons. The molecule has 0 saturated heterocycles. The van der Waals surface area contributed by atoms with Gasteiger partial charge in [-0.1, -0.05) is 18.2 Å². The fourth-order valence-corrected chi connectivity index (χ4v) is 1.87. The first-order chi connectivity index (χ1) is 8.49. The maximum atomic E-state index is 11.0. The number of carbonyl (C=O) groups excluding carboxylic acids is 1. The number of aromatic nitrogens is 1. The van der Waals surface area contributed by atoms with Crippen LogP contribution in [-0.4, -0.2) is 22.1 Å².